The van der Waals surface area contributed by atoms with Crippen LogP contribution >= 0.6 is 0 Å². The van der Waals surface area contributed by atoms with Crippen molar-refractivity contribution in [2.75, 3.05) is 7.11 Å². The molecule has 2 heteroatoms. The molecule has 1 aliphatic carbocycles. The molecule has 0 unspecified atom stereocenters. The zero-order chi connectivity index (χ0) is 12.5. The molecule has 0 fully saturated rings. The van der Waals surface area contributed by atoms with E-state index in [1.807, 2.05) is 36.4 Å². The molecule has 1 aliphatic rings. The first-order chi connectivity index (χ1) is 8.79. The van der Waals surface area contributed by atoms with Crippen LogP contribution in [0.2, 0.25) is 0 Å². The van der Waals surface area contributed by atoms with Crippen molar-refractivity contribution in [3.05, 3.63) is 65.2 Å². The molecule has 0 heterocycles. The van der Waals surface area contributed by atoms with Gasteiger partial charge >= 0.3 is 0 Å². The molecule has 2 nitrogen and oxygen atoms in total. The monoisotopic (exact) mass is 240 g/mol. The van der Waals surface area contributed by atoms with Crippen LogP contribution in [0.5, 0.6) is 5.75 Å². The molecular weight excluding hydrogens is 224 g/mol. The van der Waals surface area contributed by atoms with Crippen molar-refractivity contribution in [1.29, 1.82) is 0 Å². The van der Waals surface area contributed by atoms with E-state index in [0.717, 1.165) is 17.7 Å². The zero-order valence-electron chi connectivity index (χ0n) is 10.3. The van der Waals surface area contributed by atoms with Gasteiger partial charge in [0, 0.05) is 5.92 Å². The van der Waals surface area contributed by atoms with Crippen LogP contribution in [0, 0.1) is 0 Å². The van der Waals surface area contributed by atoms with Crippen LogP contribution in [0.15, 0.2) is 48.5 Å². The first-order valence-electron chi connectivity index (χ1n) is 6.19. The maximum absolute atomic E-state index is 10.4. The highest BCUT2D eigenvalue weighted by Gasteiger charge is 2.32. The quantitative estimate of drug-likeness (QED) is 0.874. The van der Waals surface area contributed by atoms with E-state index in [0.29, 0.717) is 0 Å². The number of fused-ring (bicyclic) bond motifs is 1. The van der Waals surface area contributed by atoms with Crippen LogP contribution in [-0.2, 0) is 6.42 Å². The summed E-state index contributed by atoms with van der Waals surface area (Å²) in [6.45, 7) is 0. The Hall–Kier alpha value is -1.80. The second kappa shape index (κ2) is 4.46. The molecule has 0 spiro atoms. The number of rotatable bonds is 2. The number of benzene rings is 2. The highest BCUT2D eigenvalue weighted by molar-refractivity contribution is 5.44. The Morgan fingerprint density at radius 3 is 2.61 bits per heavy atom. The minimum absolute atomic E-state index is 0.160. The minimum Gasteiger partial charge on any atom is -0.497 e. The van der Waals surface area contributed by atoms with Gasteiger partial charge in [-0.25, -0.2) is 0 Å². The molecule has 18 heavy (non-hydrogen) atoms. The van der Waals surface area contributed by atoms with Crippen molar-refractivity contribution in [2.24, 2.45) is 0 Å². The standard InChI is InChI=1S/C16H16O2/c1-18-13-7-8-14-12(9-13)10-15(16(14)17)11-5-3-2-4-6-11/h2-9,15-17H,10H2,1H3/t15-,16-/m0/s1. The Kier molecular flexibility index (Phi) is 2.80. The van der Waals surface area contributed by atoms with E-state index in [9.17, 15) is 5.11 Å². The molecule has 0 amide bonds. The summed E-state index contributed by atoms with van der Waals surface area (Å²) >= 11 is 0. The number of methoxy groups -OCH3 is 1. The lowest BCUT2D eigenvalue weighted by molar-refractivity contribution is 0.158. The maximum atomic E-state index is 10.4. The summed E-state index contributed by atoms with van der Waals surface area (Å²) in [5.41, 5.74) is 3.42. The highest BCUT2D eigenvalue weighted by atomic mass is 16.5. The van der Waals surface area contributed by atoms with Gasteiger partial charge in [-0.15, -0.1) is 0 Å². The molecule has 0 aliphatic heterocycles. The average Bonchev–Trinajstić information content (AvgIpc) is 2.76. The molecule has 0 saturated heterocycles. The van der Waals surface area contributed by atoms with Gasteiger partial charge < -0.3 is 9.84 Å². The van der Waals surface area contributed by atoms with Gasteiger partial charge in [0.2, 0.25) is 0 Å². The second-order valence-electron chi connectivity index (χ2n) is 4.73. The lowest BCUT2D eigenvalue weighted by atomic mass is 9.94. The largest absolute Gasteiger partial charge is 0.497 e. The summed E-state index contributed by atoms with van der Waals surface area (Å²) in [5.74, 6) is 1.02. The van der Waals surface area contributed by atoms with Gasteiger partial charge in [0.25, 0.3) is 0 Å². The molecule has 92 valence electrons. The Morgan fingerprint density at radius 1 is 1.11 bits per heavy atom. The SMILES string of the molecule is COc1ccc2c(c1)C[C@@H](c1ccccc1)[C@H]2O. The zero-order valence-corrected chi connectivity index (χ0v) is 10.3. The van der Waals surface area contributed by atoms with Gasteiger partial charge in [-0.3, -0.25) is 0 Å². The first kappa shape index (κ1) is 11.3. The third kappa shape index (κ3) is 1.79. The van der Waals surface area contributed by atoms with Gasteiger partial charge in [0.15, 0.2) is 0 Å². The summed E-state index contributed by atoms with van der Waals surface area (Å²) in [4.78, 5) is 0. The Labute approximate surface area is 107 Å². The summed E-state index contributed by atoms with van der Waals surface area (Å²) in [6, 6.07) is 16.1. The Balaban J connectivity index is 1.96. The van der Waals surface area contributed by atoms with Crippen LogP contribution in [0.3, 0.4) is 0 Å². The van der Waals surface area contributed by atoms with Gasteiger partial charge in [0.1, 0.15) is 5.75 Å². The Morgan fingerprint density at radius 2 is 1.89 bits per heavy atom. The summed E-state index contributed by atoms with van der Waals surface area (Å²) in [5, 5.41) is 10.4. The predicted molar refractivity (Wildman–Crippen MR) is 70.8 cm³/mol. The van der Waals surface area contributed by atoms with E-state index in [2.05, 4.69) is 12.1 Å². The molecule has 2 aromatic carbocycles. The molecule has 2 atom stereocenters. The van der Waals surface area contributed by atoms with Crippen molar-refractivity contribution in [2.45, 2.75) is 18.4 Å². The summed E-state index contributed by atoms with van der Waals surface area (Å²) in [6.07, 6.45) is 0.464. The lowest BCUT2D eigenvalue weighted by Crippen LogP contribution is -2.04. The van der Waals surface area contributed by atoms with Crippen LogP contribution in [0.1, 0.15) is 28.7 Å². The van der Waals surface area contributed by atoms with Crippen LogP contribution < -0.4 is 4.74 Å². The van der Waals surface area contributed by atoms with E-state index in [-0.39, 0.29) is 5.92 Å². The first-order valence-corrected chi connectivity index (χ1v) is 6.19. The molecule has 0 aromatic heterocycles. The number of ether oxygens (including phenoxy) is 1. The van der Waals surface area contributed by atoms with Crippen LogP contribution in [0.4, 0.5) is 0 Å². The molecule has 0 saturated carbocycles. The fraction of sp³-hybridized carbons (Fsp3) is 0.250. The number of hydrogen-bond donors (Lipinski definition) is 1. The normalized spacial score (nSPS) is 21.7. The molecule has 3 rings (SSSR count). The molecule has 0 radical (unpaired) electrons. The van der Waals surface area contributed by atoms with Crippen molar-refractivity contribution >= 4 is 0 Å². The number of aliphatic hydroxyl groups is 1. The predicted octanol–water partition coefficient (Wildman–Crippen LogP) is 3.07. The molecule has 0 bridgehead atoms. The molecular formula is C16H16O2. The van der Waals surface area contributed by atoms with E-state index < -0.39 is 6.10 Å². The third-order valence-electron chi connectivity index (χ3n) is 3.72. The smallest absolute Gasteiger partial charge is 0.119 e. The molecule has 1 N–H and O–H groups in total. The Bertz CT molecular complexity index is 548. The van der Waals surface area contributed by atoms with E-state index >= 15 is 0 Å². The summed E-state index contributed by atoms with van der Waals surface area (Å²) in [7, 11) is 1.67. The van der Waals surface area contributed by atoms with E-state index in [1.54, 1.807) is 7.11 Å². The van der Waals surface area contributed by atoms with Gasteiger partial charge in [-0.05, 0) is 35.2 Å². The highest BCUT2D eigenvalue weighted by Crippen LogP contribution is 2.43. The average molecular weight is 240 g/mol. The van der Waals surface area contributed by atoms with Crippen molar-refractivity contribution < 1.29 is 9.84 Å². The third-order valence-corrected chi connectivity index (χ3v) is 3.72. The number of hydrogen-bond acceptors (Lipinski definition) is 2. The van der Waals surface area contributed by atoms with Crippen molar-refractivity contribution in [3.8, 4) is 5.75 Å². The minimum atomic E-state index is -0.409. The fourth-order valence-corrected chi connectivity index (χ4v) is 2.74. The lowest BCUT2D eigenvalue weighted by Gasteiger charge is -2.15. The fourth-order valence-electron chi connectivity index (χ4n) is 2.74. The second-order valence-corrected chi connectivity index (χ2v) is 4.73. The topological polar surface area (TPSA) is 29.5 Å². The van der Waals surface area contributed by atoms with Gasteiger partial charge in [0.05, 0.1) is 13.2 Å². The van der Waals surface area contributed by atoms with Gasteiger partial charge in [-0.2, -0.15) is 0 Å². The van der Waals surface area contributed by atoms with E-state index in [4.69, 9.17) is 4.74 Å². The maximum Gasteiger partial charge on any atom is 0.119 e. The van der Waals surface area contributed by atoms with Gasteiger partial charge in [-0.1, -0.05) is 36.4 Å². The molecule has 2 aromatic rings. The number of aliphatic hydroxyl groups excluding tert-OH is 1. The van der Waals surface area contributed by atoms with Crippen LogP contribution in [0.25, 0.3) is 0 Å². The summed E-state index contributed by atoms with van der Waals surface area (Å²) < 4.78 is 5.23. The van der Waals surface area contributed by atoms with Crippen molar-refractivity contribution in [3.63, 3.8) is 0 Å². The van der Waals surface area contributed by atoms with Crippen LogP contribution in [-0.4, -0.2) is 12.2 Å². The van der Waals surface area contributed by atoms with E-state index in [1.165, 1.54) is 11.1 Å². The van der Waals surface area contributed by atoms with Crippen molar-refractivity contribution in [1.82, 2.24) is 0 Å².